The summed E-state index contributed by atoms with van der Waals surface area (Å²) >= 11 is 0. The number of aliphatic hydroxyl groups excluding tert-OH is 1. The maximum Gasteiger partial charge on any atom is 0.335 e. The molecule has 9 heteroatoms. The summed E-state index contributed by atoms with van der Waals surface area (Å²) in [5, 5.41) is 14.9. The Labute approximate surface area is 150 Å². The number of aromatic nitrogens is 3. The first-order valence-electron chi connectivity index (χ1n) is 8.25. The second-order valence-electron chi connectivity index (χ2n) is 6.12. The lowest BCUT2D eigenvalue weighted by Crippen LogP contribution is -2.31. The zero-order valence-corrected chi connectivity index (χ0v) is 14.6. The molecule has 0 fully saturated rings. The number of hydrogen-bond acceptors (Lipinski definition) is 6. The van der Waals surface area contributed by atoms with E-state index in [0.29, 0.717) is 5.82 Å². The van der Waals surface area contributed by atoms with Gasteiger partial charge in [-0.3, -0.25) is 14.7 Å². The number of aliphatic hydroxyl groups is 1. The van der Waals surface area contributed by atoms with E-state index in [0.717, 1.165) is 10.7 Å². The molecule has 1 atom stereocenters. The molecule has 0 spiro atoms. The number of nitrogens with one attached hydrogen (secondary N) is 2. The number of pyridine rings is 1. The molecular formula is C17H22N4O5. The SMILES string of the molecule is CC(C)COC(=O)C(O)CCNC(=O)c1cc(=O)n(-c2ccccn2)[nH]1. The molecule has 0 aliphatic rings. The van der Waals surface area contributed by atoms with E-state index < -0.39 is 23.5 Å². The van der Waals surface area contributed by atoms with Crippen LogP contribution in [-0.4, -0.2) is 51.0 Å². The third-order valence-electron chi connectivity index (χ3n) is 3.38. The number of hydrogen-bond donors (Lipinski definition) is 3. The highest BCUT2D eigenvalue weighted by Gasteiger charge is 2.18. The van der Waals surface area contributed by atoms with Gasteiger partial charge in [-0.05, 0) is 18.1 Å². The Balaban J connectivity index is 1.87. The van der Waals surface area contributed by atoms with Gasteiger partial charge in [0.05, 0.1) is 6.61 Å². The number of carbonyl (C=O) groups is 2. The summed E-state index contributed by atoms with van der Waals surface area (Å²) in [5.41, 5.74) is -0.372. The van der Waals surface area contributed by atoms with E-state index in [1.807, 2.05) is 13.8 Å². The summed E-state index contributed by atoms with van der Waals surface area (Å²) in [5.74, 6) is -0.715. The molecule has 2 heterocycles. The second-order valence-corrected chi connectivity index (χ2v) is 6.12. The van der Waals surface area contributed by atoms with Crippen LogP contribution < -0.4 is 10.9 Å². The Morgan fingerprint density at radius 3 is 2.81 bits per heavy atom. The van der Waals surface area contributed by atoms with Gasteiger partial charge in [0.25, 0.3) is 11.5 Å². The largest absolute Gasteiger partial charge is 0.464 e. The van der Waals surface area contributed by atoms with E-state index in [4.69, 9.17) is 4.74 Å². The molecule has 26 heavy (non-hydrogen) atoms. The zero-order valence-electron chi connectivity index (χ0n) is 14.6. The van der Waals surface area contributed by atoms with Crippen molar-refractivity contribution in [3.8, 4) is 5.82 Å². The molecule has 2 rings (SSSR count). The predicted octanol–water partition coefficient (Wildman–Crippen LogP) is 0.241. The maximum absolute atomic E-state index is 12.1. The Hall–Kier alpha value is -2.94. The van der Waals surface area contributed by atoms with Gasteiger partial charge in [-0.2, -0.15) is 0 Å². The molecule has 2 aromatic rings. The molecule has 3 N–H and O–H groups in total. The first-order valence-corrected chi connectivity index (χ1v) is 8.25. The number of nitrogens with zero attached hydrogens (tertiary/aromatic N) is 2. The minimum Gasteiger partial charge on any atom is -0.464 e. The average Bonchev–Trinajstić information content (AvgIpc) is 3.02. The summed E-state index contributed by atoms with van der Waals surface area (Å²) in [7, 11) is 0. The Bertz CT molecular complexity index is 797. The Morgan fingerprint density at radius 1 is 1.38 bits per heavy atom. The molecule has 2 aromatic heterocycles. The van der Waals surface area contributed by atoms with Crippen LogP contribution >= 0.6 is 0 Å². The first-order chi connectivity index (χ1) is 12.4. The van der Waals surface area contributed by atoms with E-state index in [2.05, 4.69) is 15.4 Å². The Kier molecular flexibility index (Phi) is 6.67. The van der Waals surface area contributed by atoms with Gasteiger partial charge in [-0.25, -0.2) is 14.5 Å². The van der Waals surface area contributed by atoms with E-state index in [1.165, 1.54) is 6.20 Å². The highest BCUT2D eigenvalue weighted by atomic mass is 16.5. The van der Waals surface area contributed by atoms with Gasteiger partial charge in [-0.1, -0.05) is 19.9 Å². The lowest BCUT2D eigenvalue weighted by atomic mass is 10.2. The van der Waals surface area contributed by atoms with Crippen LogP contribution in [0, 0.1) is 5.92 Å². The third-order valence-corrected chi connectivity index (χ3v) is 3.38. The van der Waals surface area contributed by atoms with Crippen molar-refractivity contribution in [1.29, 1.82) is 0 Å². The van der Waals surface area contributed by atoms with Crippen molar-refractivity contribution in [2.75, 3.05) is 13.2 Å². The molecular weight excluding hydrogens is 340 g/mol. The lowest BCUT2D eigenvalue weighted by molar-refractivity contribution is -0.154. The fraction of sp³-hybridized carbons (Fsp3) is 0.412. The van der Waals surface area contributed by atoms with Gasteiger partial charge < -0.3 is 15.2 Å². The minimum absolute atomic E-state index is 0.00779. The number of rotatable bonds is 8. The first kappa shape index (κ1) is 19.4. The number of amides is 1. The van der Waals surface area contributed by atoms with Crippen LogP contribution in [0.2, 0.25) is 0 Å². The summed E-state index contributed by atoms with van der Waals surface area (Å²) in [6.45, 7) is 4.05. The fourth-order valence-electron chi connectivity index (χ4n) is 2.05. The monoisotopic (exact) mass is 362 g/mol. The van der Waals surface area contributed by atoms with E-state index in [-0.39, 0.29) is 31.2 Å². The molecule has 0 saturated carbocycles. The fourth-order valence-corrected chi connectivity index (χ4v) is 2.05. The number of carbonyl (C=O) groups excluding carboxylic acids is 2. The highest BCUT2D eigenvalue weighted by molar-refractivity contribution is 5.92. The standard InChI is InChI=1S/C17H22N4O5/c1-11(2)10-26-17(25)13(22)6-8-19-16(24)12-9-15(23)21(20-12)14-5-3-4-7-18-14/h3-5,7,9,11,13,20,22H,6,8,10H2,1-2H3,(H,19,24). The summed E-state index contributed by atoms with van der Waals surface area (Å²) in [6.07, 6.45) is 0.224. The van der Waals surface area contributed by atoms with Crippen LogP contribution in [0.25, 0.3) is 5.82 Å². The normalized spacial score (nSPS) is 12.0. The molecule has 0 bridgehead atoms. The van der Waals surface area contributed by atoms with Gasteiger partial charge >= 0.3 is 5.97 Å². The number of H-pyrrole nitrogens is 1. The van der Waals surface area contributed by atoms with Gasteiger partial charge in [0.2, 0.25) is 0 Å². The minimum atomic E-state index is -1.31. The van der Waals surface area contributed by atoms with Crippen molar-refractivity contribution < 1.29 is 19.4 Å². The molecule has 1 amide bonds. The van der Waals surface area contributed by atoms with Crippen LogP contribution in [-0.2, 0) is 9.53 Å². The van der Waals surface area contributed by atoms with Crippen molar-refractivity contribution in [3.63, 3.8) is 0 Å². The molecule has 0 radical (unpaired) electrons. The van der Waals surface area contributed by atoms with E-state index in [9.17, 15) is 19.5 Å². The number of aromatic amines is 1. The summed E-state index contributed by atoms with van der Waals surface area (Å²) < 4.78 is 6.06. The summed E-state index contributed by atoms with van der Waals surface area (Å²) in [6, 6.07) is 6.20. The average molecular weight is 362 g/mol. The second kappa shape index (κ2) is 8.95. The topological polar surface area (TPSA) is 126 Å². The number of esters is 1. The molecule has 1 unspecified atom stereocenters. The smallest absolute Gasteiger partial charge is 0.335 e. The number of ether oxygens (including phenoxy) is 1. The van der Waals surface area contributed by atoms with E-state index in [1.54, 1.807) is 18.2 Å². The van der Waals surface area contributed by atoms with Gasteiger partial charge in [0.15, 0.2) is 11.9 Å². The predicted molar refractivity (Wildman–Crippen MR) is 92.9 cm³/mol. The quantitative estimate of drug-likeness (QED) is 0.578. The molecule has 0 aliphatic carbocycles. The van der Waals surface area contributed by atoms with Crippen molar-refractivity contribution in [1.82, 2.24) is 20.1 Å². The van der Waals surface area contributed by atoms with Crippen LogP contribution in [0.4, 0.5) is 0 Å². The zero-order chi connectivity index (χ0) is 19.1. The highest BCUT2D eigenvalue weighted by Crippen LogP contribution is 2.01. The summed E-state index contributed by atoms with van der Waals surface area (Å²) in [4.78, 5) is 39.6. The van der Waals surface area contributed by atoms with E-state index >= 15 is 0 Å². The van der Waals surface area contributed by atoms with Crippen molar-refractivity contribution >= 4 is 11.9 Å². The van der Waals surface area contributed by atoms with Crippen molar-refractivity contribution in [3.05, 3.63) is 46.5 Å². The molecule has 9 nitrogen and oxygen atoms in total. The lowest BCUT2D eigenvalue weighted by Gasteiger charge is -2.12. The molecule has 0 aromatic carbocycles. The van der Waals surface area contributed by atoms with Crippen LogP contribution in [0.15, 0.2) is 35.3 Å². The van der Waals surface area contributed by atoms with Crippen LogP contribution in [0.1, 0.15) is 30.8 Å². The van der Waals surface area contributed by atoms with Crippen LogP contribution in [0.3, 0.4) is 0 Å². The Morgan fingerprint density at radius 2 is 2.15 bits per heavy atom. The third kappa shape index (κ3) is 5.28. The van der Waals surface area contributed by atoms with Gasteiger partial charge in [0.1, 0.15) is 5.69 Å². The maximum atomic E-state index is 12.1. The molecule has 140 valence electrons. The molecule has 0 aliphatic heterocycles. The molecule has 0 saturated heterocycles. The van der Waals surface area contributed by atoms with Crippen LogP contribution in [0.5, 0.6) is 0 Å². The van der Waals surface area contributed by atoms with Gasteiger partial charge in [0, 0.05) is 25.2 Å². The van der Waals surface area contributed by atoms with Crippen molar-refractivity contribution in [2.24, 2.45) is 5.92 Å². The van der Waals surface area contributed by atoms with Gasteiger partial charge in [-0.15, -0.1) is 0 Å². The van der Waals surface area contributed by atoms with Crippen molar-refractivity contribution in [2.45, 2.75) is 26.4 Å².